The normalized spacial score (nSPS) is 24.4. The fourth-order valence-corrected chi connectivity index (χ4v) is 2.16. The summed E-state index contributed by atoms with van der Waals surface area (Å²) in [4.78, 5) is 4.23. The van der Waals surface area contributed by atoms with E-state index in [0.717, 1.165) is 37.4 Å². The molecular weight excluding hydrogens is 204 g/mol. The Morgan fingerprint density at radius 3 is 3.12 bits per heavy atom. The van der Waals surface area contributed by atoms with Crippen LogP contribution in [0.2, 0.25) is 0 Å². The topological polar surface area (TPSA) is 54.4 Å². The number of aliphatic hydroxyl groups excluding tert-OH is 1. The maximum absolute atomic E-state index is 9.43. The van der Waals surface area contributed by atoms with Crippen LogP contribution in [-0.4, -0.2) is 29.8 Å². The standard InChI is InChI=1S/C12H18N2O2/c1-16-11-3-2-6-13-12(11)14-8-9-4-5-10(15)7-9/h2-3,6,9-10,15H,4-5,7-8H2,1H3,(H,13,14). The second-order valence-corrected chi connectivity index (χ2v) is 4.27. The monoisotopic (exact) mass is 222 g/mol. The first-order valence-electron chi connectivity index (χ1n) is 5.70. The van der Waals surface area contributed by atoms with E-state index in [1.807, 2.05) is 12.1 Å². The number of aliphatic hydroxyl groups is 1. The van der Waals surface area contributed by atoms with E-state index in [1.54, 1.807) is 13.3 Å². The van der Waals surface area contributed by atoms with Crippen LogP contribution >= 0.6 is 0 Å². The van der Waals surface area contributed by atoms with Gasteiger partial charge >= 0.3 is 0 Å². The van der Waals surface area contributed by atoms with Crippen LogP contribution in [0, 0.1) is 5.92 Å². The summed E-state index contributed by atoms with van der Waals surface area (Å²) in [7, 11) is 1.64. The van der Waals surface area contributed by atoms with Gasteiger partial charge in [-0.1, -0.05) is 0 Å². The Hall–Kier alpha value is -1.29. The maximum Gasteiger partial charge on any atom is 0.168 e. The smallest absolute Gasteiger partial charge is 0.168 e. The third-order valence-electron chi connectivity index (χ3n) is 3.06. The number of pyridine rings is 1. The average Bonchev–Trinajstić information content (AvgIpc) is 2.73. The minimum atomic E-state index is -0.113. The van der Waals surface area contributed by atoms with Crippen LogP contribution < -0.4 is 10.1 Å². The zero-order valence-electron chi connectivity index (χ0n) is 9.52. The number of aromatic nitrogens is 1. The van der Waals surface area contributed by atoms with Crippen molar-refractivity contribution in [1.82, 2.24) is 4.98 Å². The first-order chi connectivity index (χ1) is 7.79. The molecule has 0 amide bonds. The van der Waals surface area contributed by atoms with Crippen LogP contribution in [0.25, 0.3) is 0 Å². The largest absolute Gasteiger partial charge is 0.493 e. The highest BCUT2D eigenvalue weighted by Crippen LogP contribution is 2.27. The molecule has 1 aromatic heterocycles. The molecule has 0 spiro atoms. The van der Waals surface area contributed by atoms with Gasteiger partial charge in [0.1, 0.15) is 0 Å². The molecule has 2 atom stereocenters. The Labute approximate surface area is 95.7 Å². The number of rotatable bonds is 4. The van der Waals surface area contributed by atoms with Crippen molar-refractivity contribution in [1.29, 1.82) is 0 Å². The Morgan fingerprint density at radius 2 is 2.44 bits per heavy atom. The summed E-state index contributed by atoms with van der Waals surface area (Å²) in [6.45, 7) is 0.852. The Bertz CT molecular complexity index is 344. The third kappa shape index (κ3) is 2.64. The predicted octanol–water partition coefficient (Wildman–Crippen LogP) is 1.66. The lowest BCUT2D eigenvalue weighted by molar-refractivity contribution is 0.178. The summed E-state index contributed by atoms with van der Waals surface area (Å²) in [6, 6.07) is 3.74. The molecule has 1 aliphatic carbocycles. The minimum absolute atomic E-state index is 0.113. The molecular formula is C12H18N2O2. The lowest BCUT2D eigenvalue weighted by Gasteiger charge is -2.13. The van der Waals surface area contributed by atoms with Crippen LogP contribution in [-0.2, 0) is 0 Å². The maximum atomic E-state index is 9.43. The van der Waals surface area contributed by atoms with Crippen molar-refractivity contribution in [2.75, 3.05) is 19.0 Å². The van der Waals surface area contributed by atoms with Gasteiger partial charge in [0.2, 0.25) is 0 Å². The molecule has 0 aliphatic heterocycles. The Balaban J connectivity index is 1.89. The summed E-state index contributed by atoms with van der Waals surface area (Å²) in [5, 5.41) is 12.7. The van der Waals surface area contributed by atoms with Crippen molar-refractivity contribution in [3.8, 4) is 5.75 Å². The quantitative estimate of drug-likeness (QED) is 0.813. The number of ether oxygens (including phenoxy) is 1. The molecule has 0 saturated heterocycles. The molecule has 2 rings (SSSR count). The van der Waals surface area contributed by atoms with Gasteiger partial charge in [-0.2, -0.15) is 0 Å². The van der Waals surface area contributed by atoms with Gasteiger partial charge in [0.25, 0.3) is 0 Å². The van der Waals surface area contributed by atoms with Crippen LogP contribution in [0.15, 0.2) is 18.3 Å². The van der Waals surface area contributed by atoms with E-state index in [4.69, 9.17) is 4.74 Å². The molecule has 1 aliphatic rings. The van der Waals surface area contributed by atoms with Crippen LogP contribution in [0.4, 0.5) is 5.82 Å². The zero-order chi connectivity index (χ0) is 11.4. The number of hydrogen-bond acceptors (Lipinski definition) is 4. The Kier molecular flexibility index (Phi) is 3.62. The molecule has 0 bridgehead atoms. The molecule has 1 heterocycles. The molecule has 88 valence electrons. The molecule has 1 saturated carbocycles. The van der Waals surface area contributed by atoms with Gasteiger partial charge in [0, 0.05) is 12.7 Å². The summed E-state index contributed by atoms with van der Waals surface area (Å²) in [6.07, 6.45) is 4.53. The van der Waals surface area contributed by atoms with Crippen molar-refractivity contribution in [2.24, 2.45) is 5.92 Å². The fraction of sp³-hybridized carbons (Fsp3) is 0.583. The van der Waals surface area contributed by atoms with Gasteiger partial charge in [0.15, 0.2) is 11.6 Å². The predicted molar refractivity (Wildman–Crippen MR) is 62.6 cm³/mol. The molecule has 2 N–H and O–H groups in total. The molecule has 2 unspecified atom stereocenters. The van der Waals surface area contributed by atoms with Crippen LogP contribution in [0.5, 0.6) is 5.75 Å². The number of nitrogens with zero attached hydrogens (tertiary/aromatic N) is 1. The van der Waals surface area contributed by atoms with E-state index in [0.29, 0.717) is 5.92 Å². The summed E-state index contributed by atoms with van der Waals surface area (Å²) in [5.74, 6) is 2.09. The van der Waals surface area contributed by atoms with E-state index in [2.05, 4.69) is 10.3 Å². The van der Waals surface area contributed by atoms with Crippen molar-refractivity contribution < 1.29 is 9.84 Å². The highest BCUT2D eigenvalue weighted by atomic mass is 16.5. The highest BCUT2D eigenvalue weighted by molar-refractivity contribution is 5.49. The molecule has 4 nitrogen and oxygen atoms in total. The lowest BCUT2D eigenvalue weighted by Crippen LogP contribution is -2.13. The van der Waals surface area contributed by atoms with E-state index in [9.17, 15) is 5.11 Å². The van der Waals surface area contributed by atoms with Crippen molar-refractivity contribution >= 4 is 5.82 Å². The van der Waals surface area contributed by atoms with Gasteiger partial charge in [-0.3, -0.25) is 0 Å². The lowest BCUT2D eigenvalue weighted by atomic mass is 10.1. The van der Waals surface area contributed by atoms with Crippen LogP contribution in [0.1, 0.15) is 19.3 Å². The molecule has 0 aromatic carbocycles. The minimum Gasteiger partial charge on any atom is -0.493 e. The first-order valence-corrected chi connectivity index (χ1v) is 5.70. The summed E-state index contributed by atoms with van der Waals surface area (Å²) in [5.41, 5.74) is 0. The van der Waals surface area contributed by atoms with Gasteiger partial charge in [-0.15, -0.1) is 0 Å². The van der Waals surface area contributed by atoms with E-state index in [1.165, 1.54) is 0 Å². The fourth-order valence-electron chi connectivity index (χ4n) is 2.16. The van der Waals surface area contributed by atoms with E-state index < -0.39 is 0 Å². The highest BCUT2D eigenvalue weighted by Gasteiger charge is 2.22. The third-order valence-corrected chi connectivity index (χ3v) is 3.06. The SMILES string of the molecule is COc1cccnc1NCC1CCC(O)C1. The van der Waals surface area contributed by atoms with Crippen molar-refractivity contribution in [3.05, 3.63) is 18.3 Å². The zero-order valence-corrected chi connectivity index (χ0v) is 9.52. The Morgan fingerprint density at radius 1 is 1.56 bits per heavy atom. The number of hydrogen-bond donors (Lipinski definition) is 2. The second kappa shape index (κ2) is 5.16. The van der Waals surface area contributed by atoms with Crippen LogP contribution in [0.3, 0.4) is 0 Å². The van der Waals surface area contributed by atoms with Gasteiger partial charge < -0.3 is 15.2 Å². The second-order valence-electron chi connectivity index (χ2n) is 4.27. The average molecular weight is 222 g/mol. The van der Waals surface area contributed by atoms with Gasteiger partial charge in [-0.25, -0.2) is 4.98 Å². The number of methoxy groups -OCH3 is 1. The molecule has 1 fully saturated rings. The number of anilines is 1. The first kappa shape index (κ1) is 11.2. The van der Waals surface area contributed by atoms with E-state index in [-0.39, 0.29) is 6.10 Å². The van der Waals surface area contributed by atoms with Gasteiger partial charge in [-0.05, 0) is 37.3 Å². The molecule has 4 heteroatoms. The van der Waals surface area contributed by atoms with Crippen molar-refractivity contribution in [3.63, 3.8) is 0 Å². The summed E-state index contributed by atoms with van der Waals surface area (Å²) < 4.78 is 5.21. The molecule has 1 aromatic rings. The number of nitrogens with one attached hydrogen (secondary N) is 1. The van der Waals surface area contributed by atoms with E-state index >= 15 is 0 Å². The molecule has 16 heavy (non-hydrogen) atoms. The van der Waals surface area contributed by atoms with Gasteiger partial charge in [0.05, 0.1) is 13.2 Å². The molecule has 0 radical (unpaired) electrons. The summed E-state index contributed by atoms with van der Waals surface area (Å²) >= 11 is 0. The van der Waals surface area contributed by atoms with Crippen molar-refractivity contribution in [2.45, 2.75) is 25.4 Å².